The van der Waals surface area contributed by atoms with Gasteiger partial charge in [-0.2, -0.15) is 0 Å². The third kappa shape index (κ3) is 4.68. The SMILES string of the molecule is COc1ccc(CC(=O)Nc2cc(Cl)ccc2N2CC[NH+](C)CC2)cc1. The number of carbonyl (C=O) groups is 1. The summed E-state index contributed by atoms with van der Waals surface area (Å²) in [7, 11) is 3.83. The van der Waals surface area contributed by atoms with Crippen molar-refractivity contribution in [2.24, 2.45) is 0 Å². The molecule has 6 heteroatoms. The van der Waals surface area contributed by atoms with E-state index >= 15 is 0 Å². The normalized spacial score (nSPS) is 15.0. The highest BCUT2D eigenvalue weighted by atomic mass is 35.5. The van der Waals surface area contributed by atoms with Crippen LogP contribution in [0.2, 0.25) is 5.02 Å². The van der Waals surface area contributed by atoms with E-state index in [-0.39, 0.29) is 5.91 Å². The molecule has 0 aromatic heterocycles. The van der Waals surface area contributed by atoms with Gasteiger partial charge in [0.25, 0.3) is 0 Å². The number of ether oxygens (including phenoxy) is 1. The van der Waals surface area contributed by atoms with Gasteiger partial charge in [-0.3, -0.25) is 4.79 Å². The van der Waals surface area contributed by atoms with E-state index < -0.39 is 0 Å². The second kappa shape index (κ2) is 8.43. The summed E-state index contributed by atoms with van der Waals surface area (Å²) in [4.78, 5) is 16.4. The van der Waals surface area contributed by atoms with Crippen molar-refractivity contribution >= 4 is 28.9 Å². The van der Waals surface area contributed by atoms with E-state index in [1.54, 1.807) is 7.11 Å². The summed E-state index contributed by atoms with van der Waals surface area (Å²) in [6.45, 7) is 4.10. The van der Waals surface area contributed by atoms with Crippen LogP contribution in [0, 0.1) is 0 Å². The van der Waals surface area contributed by atoms with Crippen molar-refractivity contribution < 1.29 is 14.4 Å². The number of rotatable bonds is 5. The number of methoxy groups -OCH3 is 1. The molecule has 1 aliphatic heterocycles. The van der Waals surface area contributed by atoms with Gasteiger partial charge in [-0.15, -0.1) is 0 Å². The first-order chi connectivity index (χ1) is 12.5. The van der Waals surface area contributed by atoms with Crippen LogP contribution in [0.25, 0.3) is 0 Å². The molecule has 0 radical (unpaired) electrons. The number of anilines is 2. The van der Waals surface area contributed by atoms with E-state index in [9.17, 15) is 4.79 Å². The molecule has 0 unspecified atom stereocenters. The van der Waals surface area contributed by atoms with Crippen LogP contribution in [0.5, 0.6) is 5.75 Å². The predicted octanol–water partition coefficient (Wildman–Crippen LogP) is 1.86. The zero-order chi connectivity index (χ0) is 18.5. The number of nitrogens with zero attached hydrogens (tertiary/aromatic N) is 1. The fourth-order valence-electron chi connectivity index (χ4n) is 3.14. The van der Waals surface area contributed by atoms with Crippen molar-refractivity contribution in [3.63, 3.8) is 0 Å². The molecule has 26 heavy (non-hydrogen) atoms. The second-order valence-corrected chi connectivity index (χ2v) is 7.12. The molecule has 1 amide bonds. The van der Waals surface area contributed by atoms with Gasteiger partial charge in [0.05, 0.1) is 58.1 Å². The molecule has 0 atom stereocenters. The molecule has 2 N–H and O–H groups in total. The number of halogens is 1. The van der Waals surface area contributed by atoms with E-state index in [2.05, 4.69) is 17.3 Å². The van der Waals surface area contributed by atoms with Crippen molar-refractivity contribution in [3.05, 3.63) is 53.1 Å². The molecule has 138 valence electrons. The summed E-state index contributed by atoms with van der Waals surface area (Å²) in [5.74, 6) is 0.724. The summed E-state index contributed by atoms with van der Waals surface area (Å²) in [5.41, 5.74) is 2.75. The molecule has 2 aromatic rings. The Kier molecular flexibility index (Phi) is 6.01. The van der Waals surface area contributed by atoms with Crippen molar-refractivity contribution in [2.75, 3.05) is 50.6 Å². The highest BCUT2D eigenvalue weighted by Gasteiger charge is 2.20. The maximum Gasteiger partial charge on any atom is 0.228 e. The number of piperazine rings is 1. The summed E-state index contributed by atoms with van der Waals surface area (Å²) in [6.07, 6.45) is 0.308. The molecule has 1 heterocycles. The van der Waals surface area contributed by atoms with Crippen LogP contribution in [0.15, 0.2) is 42.5 Å². The molecule has 0 bridgehead atoms. The number of hydrogen-bond donors (Lipinski definition) is 2. The van der Waals surface area contributed by atoms with Crippen molar-refractivity contribution in [3.8, 4) is 5.75 Å². The Bertz CT molecular complexity index is 756. The smallest absolute Gasteiger partial charge is 0.228 e. The fourth-order valence-corrected chi connectivity index (χ4v) is 3.31. The summed E-state index contributed by atoms with van der Waals surface area (Å²) in [6, 6.07) is 13.2. The van der Waals surface area contributed by atoms with Crippen molar-refractivity contribution in [1.29, 1.82) is 0 Å². The summed E-state index contributed by atoms with van der Waals surface area (Å²) >= 11 is 6.17. The lowest BCUT2D eigenvalue weighted by Crippen LogP contribution is -3.12. The van der Waals surface area contributed by atoms with E-state index in [0.29, 0.717) is 11.4 Å². The summed E-state index contributed by atoms with van der Waals surface area (Å²) in [5, 5.41) is 3.65. The Morgan fingerprint density at radius 1 is 1.19 bits per heavy atom. The van der Waals surface area contributed by atoms with Gasteiger partial charge in [0.15, 0.2) is 0 Å². The quantitative estimate of drug-likeness (QED) is 0.839. The van der Waals surface area contributed by atoms with Crippen LogP contribution >= 0.6 is 11.6 Å². The second-order valence-electron chi connectivity index (χ2n) is 6.68. The van der Waals surface area contributed by atoms with Crippen LogP contribution in [-0.4, -0.2) is 46.2 Å². The molecular weight excluding hydrogens is 350 g/mol. The minimum atomic E-state index is -0.0570. The Labute approximate surface area is 159 Å². The average molecular weight is 375 g/mol. The lowest BCUT2D eigenvalue weighted by atomic mass is 10.1. The lowest BCUT2D eigenvalue weighted by Gasteiger charge is -2.33. The molecule has 2 aromatic carbocycles. The van der Waals surface area contributed by atoms with Crippen LogP contribution in [-0.2, 0) is 11.2 Å². The number of amides is 1. The lowest BCUT2D eigenvalue weighted by molar-refractivity contribution is -0.880. The van der Waals surface area contributed by atoms with Gasteiger partial charge in [-0.25, -0.2) is 0 Å². The Morgan fingerprint density at radius 2 is 1.88 bits per heavy atom. The third-order valence-corrected chi connectivity index (χ3v) is 4.95. The summed E-state index contributed by atoms with van der Waals surface area (Å²) < 4.78 is 5.15. The zero-order valence-corrected chi connectivity index (χ0v) is 16.0. The minimum absolute atomic E-state index is 0.0570. The van der Waals surface area contributed by atoms with Gasteiger partial charge in [-0.05, 0) is 35.9 Å². The third-order valence-electron chi connectivity index (χ3n) is 4.71. The molecular formula is C20H25ClN3O2+. The molecule has 1 aliphatic rings. The van der Waals surface area contributed by atoms with Crippen molar-refractivity contribution in [1.82, 2.24) is 0 Å². The Morgan fingerprint density at radius 3 is 2.54 bits per heavy atom. The van der Waals surface area contributed by atoms with Gasteiger partial charge in [-0.1, -0.05) is 23.7 Å². The fraction of sp³-hybridized carbons (Fsp3) is 0.350. The average Bonchev–Trinajstić information content (AvgIpc) is 2.63. The van der Waals surface area contributed by atoms with Crippen LogP contribution in [0.1, 0.15) is 5.56 Å². The van der Waals surface area contributed by atoms with Crippen LogP contribution in [0.4, 0.5) is 11.4 Å². The maximum atomic E-state index is 12.5. The minimum Gasteiger partial charge on any atom is -0.497 e. The van der Waals surface area contributed by atoms with E-state index in [0.717, 1.165) is 48.9 Å². The highest BCUT2D eigenvalue weighted by molar-refractivity contribution is 6.31. The molecule has 3 rings (SSSR count). The Hall–Kier alpha value is -2.24. The largest absolute Gasteiger partial charge is 0.497 e. The van der Waals surface area contributed by atoms with Crippen LogP contribution in [0.3, 0.4) is 0 Å². The molecule has 1 fully saturated rings. The number of nitrogens with one attached hydrogen (secondary N) is 2. The van der Waals surface area contributed by atoms with Gasteiger partial charge < -0.3 is 19.9 Å². The van der Waals surface area contributed by atoms with Gasteiger partial charge in [0, 0.05) is 5.02 Å². The molecule has 1 saturated heterocycles. The zero-order valence-electron chi connectivity index (χ0n) is 15.2. The first-order valence-electron chi connectivity index (χ1n) is 8.84. The number of hydrogen-bond acceptors (Lipinski definition) is 3. The number of benzene rings is 2. The maximum absolute atomic E-state index is 12.5. The first-order valence-corrected chi connectivity index (χ1v) is 9.21. The first kappa shape index (κ1) is 18.5. The van der Waals surface area contributed by atoms with Gasteiger partial charge in [0.2, 0.25) is 5.91 Å². The van der Waals surface area contributed by atoms with E-state index in [4.69, 9.17) is 16.3 Å². The van der Waals surface area contributed by atoms with Gasteiger partial charge >= 0.3 is 0 Å². The van der Waals surface area contributed by atoms with E-state index in [1.165, 1.54) is 4.90 Å². The van der Waals surface area contributed by atoms with E-state index in [1.807, 2.05) is 42.5 Å². The topological polar surface area (TPSA) is 46.0 Å². The predicted molar refractivity (Wildman–Crippen MR) is 106 cm³/mol. The van der Waals surface area contributed by atoms with Crippen LogP contribution < -0.4 is 19.9 Å². The van der Waals surface area contributed by atoms with Gasteiger partial charge in [0.1, 0.15) is 5.75 Å². The highest BCUT2D eigenvalue weighted by Crippen LogP contribution is 2.29. The number of likely N-dealkylation sites (N-methyl/N-ethyl adjacent to an activating group) is 1. The molecule has 0 saturated carbocycles. The molecule has 0 aliphatic carbocycles. The monoisotopic (exact) mass is 374 g/mol. The number of quaternary nitrogens is 1. The Balaban J connectivity index is 1.71. The standard InChI is InChI=1S/C20H24ClN3O2/c1-23-9-11-24(12-10-23)19-8-5-16(21)14-18(19)22-20(25)13-15-3-6-17(26-2)7-4-15/h3-8,14H,9-13H2,1-2H3,(H,22,25)/p+1. The van der Waals surface area contributed by atoms with Crippen molar-refractivity contribution in [2.45, 2.75) is 6.42 Å². The molecule has 0 spiro atoms. The molecule has 5 nitrogen and oxygen atoms in total. The number of carbonyl (C=O) groups excluding carboxylic acids is 1.